The first kappa shape index (κ1) is 13.8. The number of ether oxygens (including phenoxy) is 3. The molecular formula is C12H15NO5. The second-order valence-electron chi connectivity index (χ2n) is 3.51. The number of carbonyl (C=O) groups excluding carboxylic acids is 2. The van der Waals surface area contributed by atoms with Gasteiger partial charge < -0.3 is 19.9 Å². The molecule has 18 heavy (non-hydrogen) atoms. The molecule has 0 aliphatic heterocycles. The lowest BCUT2D eigenvalue weighted by Crippen LogP contribution is -2.25. The largest absolute Gasteiger partial charge is 0.493 e. The lowest BCUT2D eigenvalue weighted by atomic mass is 10.2. The van der Waals surface area contributed by atoms with Gasteiger partial charge in [0, 0.05) is 5.56 Å². The highest BCUT2D eigenvalue weighted by Crippen LogP contribution is 2.28. The molecule has 0 spiro atoms. The van der Waals surface area contributed by atoms with Crippen LogP contribution in [0.3, 0.4) is 0 Å². The lowest BCUT2D eigenvalue weighted by Gasteiger charge is -2.15. The number of methoxy groups -OCH3 is 2. The third-order valence-electron chi connectivity index (χ3n) is 2.29. The minimum absolute atomic E-state index is 0.296. The van der Waals surface area contributed by atoms with Crippen molar-refractivity contribution in [2.24, 2.45) is 5.73 Å². The number of nitrogens with two attached hydrogens (primary N) is 1. The average molecular weight is 253 g/mol. The Hall–Kier alpha value is -2.24. The second kappa shape index (κ2) is 5.90. The zero-order chi connectivity index (χ0) is 13.7. The summed E-state index contributed by atoms with van der Waals surface area (Å²) in [5.41, 5.74) is 5.45. The highest BCUT2D eigenvalue weighted by atomic mass is 16.6. The zero-order valence-electron chi connectivity index (χ0n) is 10.4. The van der Waals surface area contributed by atoms with Crippen molar-refractivity contribution < 1.29 is 23.8 Å². The van der Waals surface area contributed by atoms with E-state index >= 15 is 0 Å². The third-order valence-corrected chi connectivity index (χ3v) is 2.29. The van der Waals surface area contributed by atoms with Crippen LogP contribution >= 0.6 is 0 Å². The molecule has 1 amide bonds. The van der Waals surface area contributed by atoms with Crippen LogP contribution in [0.5, 0.6) is 11.5 Å². The van der Waals surface area contributed by atoms with Crippen LogP contribution < -0.4 is 15.2 Å². The first-order chi connectivity index (χ1) is 8.49. The van der Waals surface area contributed by atoms with E-state index in [-0.39, 0.29) is 0 Å². The van der Waals surface area contributed by atoms with E-state index in [1.165, 1.54) is 32.4 Å². The molecule has 1 aromatic carbocycles. The van der Waals surface area contributed by atoms with E-state index < -0.39 is 18.0 Å². The van der Waals surface area contributed by atoms with E-state index in [2.05, 4.69) is 4.74 Å². The topological polar surface area (TPSA) is 87.9 Å². The van der Waals surface area contributed by atoms with Crippen LogP contribution in [0, 0.1) is 0 Å². The van der Waals surface area contributed by atoms with E-state index in [9.17, 15) is 9.59 Å². The summed E-state index contributed by atoms with van der Waals surface area (Å²) in [4.78, 5) is 22.2. The fourth-order valence-corrected chi connectivity index (χ4v) is 1.32. The molecule has 0 aromatic heterocycles. The van der Waals surface area contributed by atoms with Crippen molar-refractivity contribution in [2.75, 3.05) is 14.2 Å². The van der Waals surface area contributed by atoms with Crippen molar-refractivity contribution in [3.05, 3.63) is 23.8 Å². The zero-order valence-corrected chi connectivity index (χ0v) is 10.4. The standard InChI is InChI=1S/C12H15NO5/c1-7(12(15)17-3)18-9-5-4-8(11(13)14)6-10(9)16-2/h4-7H,1-3H3,(H2,13,14). The Morgan fingerprint density at radius 1 is 1.22 bits per heavy atom. The van der Waals surface area contributed by atoms with Gasteiger partial charge in [-0.05, 0) is 25.1 Å². The van der Waals surface area contributed by atoms with E-state index in [0.717, 1.165) is 0 Å². The second-order valence-corrected chi connectivity index (χ2v) is 3.51. The maximum atomic E-state index is 11.2. The first-order valence-electron chi connectivity index (χ1n) is 5.22. The molecule has 1 rings (SSSR count). The summed E-state index contributed by atoms with van der Waals surface area (Å²) in [5, 5.41) is 0. The van der Waals surface area contributed by atoms with Crippen LogP contribution in [0.1, 0.15) is 17.3 Å². The summed E-state index contributed by atoms with van der Waals surface area (Å²) in [6.07, 6.45) is -0.775. The van der Waals surface area contributed by atoms with E-state index in [1.54, 1.807) is 6.92 Å². The number of primary amides is 1. The number of rotatable bonds is 5. The van der Waals surface area contributed by atoms with Gasteiger partial charge in [0.15, 0.2) is 17.6 Å². The summed E-state index contributed by atoms with van der Waals surface area (Å²) in [7, 11) is 2.70. The SMILES string of the molecule is COC(=O)C(C)Oc1ccc(C(N)=O)cc1OC. The highest BCUT2D eigenvalue weighted by molar-refractivity contribution is 5.93. The third kappa shape index (κ3) is 3.13. The predicted molar refractivity (Wildman–Crippen MR) is 63.6 cm³/mol. The molecule has 1 atom stereocenters. The van der Waals surface area contributed by atoms with Gasteiger partial charge >= 0.3 is 5.97 Å². The van der Waals surface area contributed by atoms with Crippen molar-refractivity contribution in [1.29, 1.82) is 0 Å². The maximum Gasteiger partial charge on any atom is 0.346 e. The van der Waals surface area contributed by atoms with Crippen LogP contribution in [0.25, 0.3) is 0 Å². The van der Waals surface area contributed by atoms with Gasteiger partial charge in [0.2, 0.25) is 5.91 Å². The summed E-state index contributed by atoms with van der Waals surface area (Å²) in [6, 6.07) is 4.45. The van der Waals surface area contributed by atoms with Gasteiger partial charge in [-0.25, -0.2) is 4.79 Å². The first-order valence-corrected chi connectivity index (χ1v) is 5.22. The van der Waals surface area contributed by atoms with Gasteiger partial charge in [-0.1, -0.05) is 0 Å². The number of benzene rings is 1. The van der Waals surface area contributed by atoms with Crippen LogP contribution in [-0.4, -0.2) is 32.2 Å². The summed E-state index contributed by atoms with van der Waals surface area (Å²) in [5.74, 6) is -0.417. The molecule has 0 fully saturated rings. The lowest BCUT2D eigenvalue weighted by molar-refractivity contribution is -0.147. The number of esters is 1. The molecule has 6 nitrogen and oxygen atoms in total. The number of hydrogen-bond acceptors (Lipinski definition) is 5. The number of amides is 1. The highest BCUT2D eigenvalue weighted by Gasteiger charge is 2.17. The van der Waals surface area contributed by atoms with Crippen molar-refractivity contribution in [3.8, 4) is 11.5 Å². The normalized spacial score (nSPS) is 11.5. The van der Waals surface area contributed by atoms with Gasteiger partial charge in [0.25, 0.3) is 0 Å². The van der Waals surface area contributed by atoms with Crippen molar-refractivity contribution in [1.82, 2.24) is 0 Å². The molecule has 0 heterocycles. The fraction of sp³-hybridized carbons (Fsp3) is 0.333. The van der Waals surface area contributed by atoms with Crippen molar-refractivity contribution >= 4 is 11.9 Å². The number of carbonyl (C=O) groups is 2. The van der Waals surface area contributed by atoms with Gasteiger partial charge in [0.1, 0.15) is 0 Å². The Labute approximate surface area is 105 Å². The summed E-state index contributed by atoms with van der Waals surface area (Å²) < 4.78 is 15.0. The van der Waals surface area contributed by atoms with E-state index in [4.69, 9.17) is 15.2 Å². The van der Waals surface area contributed by atoms with Gasteiger partial charge in [-0.15, -0.1) is 0 Å². The van der Waals surface area contributed by atoms with E-state index in [1.807, 2.05) is 0 Å². The molecule has 0 saturated carbocycles. The fourth-order valence-electron chi connectivity index (χ4n) is 1.32. The Balaban J connectivity index is 2.96. The molecule has 0 aliphatic rings. The smallest absolute Gasteiger partial charge is 0.346 e. The maximum absolute atomic E-state index is 11.2. The number of hydrogen-bond donors (Lipinski definition) is 1. The molecular weight excluding hydrogens is 238 g/mol. The molecule has 0 radical (unpaired) electrons. The van der Waals surface area contributed by atoms with Gasteiger partial charge in [-0.2, -0.15) is 0 Å². The molecule has 0 saturated heterocycles. The summed E-state index contributed by atoms with van der Waals surface area (Å²) >= 11 is 0. The molecule has 2 N–H and O–H groups in total. The average Bonchev–Trinajstić information content (AvgIpc) is 2.37. The van der Waals surface area contributed by atoms with E-state index in [0.29, 0.717) is 17.1 Å². The van der Waals surface area contributed by atoms with Crippen LogP contribution in [0.2, 0.25) is 0 Å². The molecule has 0 aliphatic carbocycles. The van der Waals surface area contributed by atoms with Crippen LogP contribution in [0.15, 0.2) is 18.2 Å². The Morgan fingerprint density at radius 2 is 1.89 bits per heavy atom. The summed E-state index contributed by atoms with van der Waals surface area (Å²) in [6.45, 7) is 1.55. The van der Waals surface area contributed by atoms with Crippen LogP contribution in [-0.2, 0) is 9.53 Å². The molecule has 0 bridgehead atoms. The molecule has 1 unspecified atom stereocenters. The molecule has 1 aromatic rings. The van der Waals surface area contributed by atoms with Crippen molar-refractivity contribution in [2.45, 2.75) is 13.0 Å². The van der Waals surface area contributed by atoms with Gasteiger partial charge in [-0.3, -0.25) is 4.79 Å². The minimum atomic E-state index is -0.775. The Bertz CT molecular complexity index is 458. The quantitative estimate of drug-likeness (QED) is 0.782. The Morgan fingerprint density at radius 3 is 2.39 bits per heavy atom. The monoisotopic (exact) mass is 253 g/mol. The molecule has 6 heteroatoms. The van der Waals surface area contributed by atoms with Crippen LogP contribution in [0.4, 0.5) is 0 Å². The van der Waals surface area contributed by atoms with Gasteiger partial charge in [0.05, 0.1) is 14.2 Å². The predicted octanol–water partition coefficient (Wildman–Crippen LogP) is 0.734. The Kier molecular flexibility index (Phi) is 4.53. The van der Waals surface area contributed by atoms with Crippen molar-refractivity contribution in [3.63, 3.8) is 0 Å². The minimum Gasteiger partial charge on any atom is -0.493 e. The molecule has 98 valence electrons.